The van der Waals surface area contributed by atoms with Gasteiger partial charge in [-0.1, -0.05) is 11.6 Å². The van der Waals surface area contributed by atoms with Crippen LogP contribution >= 0.6 is 11.6 Å². The van der Waals surface area contributed by atoms with E-state index in [4.69, 9.17) is 11.6 Å². The molecule has 0 unspecified atom stereocenters. The van der Waals surface area contributed by atoms with E-state index in [2.05, 4.69) is 10.1 Å². The van der Waals surface area contributed by atoms with Crippen molar-refractivity contribution >= 4 is 28.4 Å². The summed E-state index contributed by atoms with van der Waals surface area (Å²) in [5, 5.41) is 16.2. The summed E-state index contributed by atoms with van der Waals surface area (Å²) in [5.41, 5.74) is 2.97. The van der Waals surface area contributed by atoms with Crippen LogP contribution in [-0.2, 0) is 25.7 Å². The fraction of sp³-hybridized carbons (Fsp3) is 0.240. The average molecular weight is 465 g/mol. The third kappa shape index (κ3) is 3.77. The van der Waals surface area contributed by atoms with Gasteiger partial charge in [0.15, 0.2) is 0 Å². The highest BCUT2D eigenvalue weighted by Gasteiger charge is 2.29. The third-order valence-corrected chi connectivity index (χ3v) is 6.29. The molecule has 0 saturated heterocycles. The number of aromatic nitrogens is 3. The van der Waals surface area contributed by atoms with Crippen molar-refractivity contribution in [3.8, 4) is 11.1 Å². The van der Waals surface area contributed by atoms with Gasteiger partial charge in [0, 0.05) is 41.0 Å². The molecule has 4 aromatic rings. The number of nitrogens with zero attached hydrogens (tertiary/aromatic N) is 4. The average Bonchev–Trinajstić information content (AvgIpc) is 3.28. The van der Waals surface area contributed by atoms with Crippen LogP contribution in [0, 0.1) is 5.82 Å². The van der Waals surface area contributed by atoms with E-state index in [1.807, 2.05) is 25.4 Å². The highest BCUT2D eigenvalue weighted by Crippen LogP contribution is 2.36. The van der Waals surface area contributed by atoms with E-state index in [-0.39, 0.29) is 23.0 Å². The quantitative estimate of drug-likeness (QED) is 0.470. The van der Waals surface area contributed by atoms with Crippen LogP contribution < -0.4 is 0 Å². The molecule has 0 fully saturated rings. The molecule has 8 heteroatoms. The molecule has 33 heavy (non-hydrogen) atoms. The summed E-state index contributed by atoms with van der Waals surface area (Å²) in [7, 11) is 1.81. The van der Waals surface area contributed by atoms with Gasteiger partial charge in [0.2, 0.25) is 0 Å². The third-order valence-electron chi connectivity index (χ3n) is 5.95. The molecule has 3 heterocycles. The molecule has 2 aromatic heterocycles. The molecule has 0 saturated carbocycles. The zero-order valence-electron chi connectivity index (χ0n) is 18.4. The van der Waals surface area contributed by atoms with Crippen molar-refractivity contribution in [1.82, 2.24) is 19.7 Å². The van der Waals surface area contributed by atoms with Gasteiger partial charge in [-0.3, -0.25) is 14.5 Å². The molecule has 1 aliphatic heterocycles. The Kier molecular flexibility index (Phi) is 4.99. The van der Waals surface area contributed by atoms with Crippen LogP contribution in [0.25, 0.3) is 22.0 Å². The second kappa shape index (κ2) is 7.64. The molecule has 2 aromatic carbocycles. The summed E-state index contributed by atoms with van der Waals surface area (Å²) < 4.78 is 16.9. The van der Waals surface area contributed by atoms with E-state index >= 15 is 4.39 Å². The van der Waals surface area contributed by atoms with Gasteiger partial charge in [-0.25, -0.2) is 4.39 Å². The molecule has 1 amide bonds. The number of pyridine rings is 1. The van der Waals surface area contributed by atoms with E-state index in [0.29, 0.717) is 40.0 Å². The second-order valence-electron chi connectivity index (χ2n) is 8.90. The van der Waals surface area contributed by atoms with E-state index in [0.717, 1.165) is 5.39 Å². The van der Waals surface area contributed by atoms with Crippen molar-refractivity contribution in [2.45, 2.75) is 32.5 Å². The molecule has 0 bridgehead atoms. The highest BCUT2D eigenvalue weighted by molar-refractivity contribution is 6.31. The second-order valence-corrected chi connectivity index (χ2v) is 9.31. The standard InChI is InChI=1S/C25H22ClFN4O2/c1-25(2,33)19-8-14(7-16-11-30(3)29-23(16)19)15-9-20(26)18(21(27)10-15)12-31-13-22-17(24(31)32)5-4-6-28-22/h4-11,33H,12-13H2,1-3H3. The van der Waals surface area contributed by atoms with Crippen LogP contribution in [0.4, 0.5) is 4.39 Å². The molecule has 0 spiro atoms. The van der Waals surface area contributed by atoms with E-state index < -0.39 is 11.4 Å². The van der Waals surface area contributed by atoms with Gasteiger partial charge >= 0.3 is 0 Å². The smallest absolute Gasteiger partial charge is 0.256 e. The topological polar surface area (TPSA) is 71.2 Å². The van der Waals surface area contributed by atoms with Crippen LogP contribution in [0.5, 0.6) is 0 Å². The van der Waals surface area contributed by atoms with Gasteiger partial charge in [-0.15, -0.1) is 0 Å². The lowest BCUT2D eigenvalue weighted by Crippen LogP contribution is -2.24. The first-order valence-corrected chi connectivity index (χ1v) is 10.9. The monoisotopic (exact) mass is 464 g/mol. The van der Waals surface area contributed by atoms with Crippen LogP contribution in [0.2, 0.25) is 5.02 Å². The molecule has 6 nitrogen and oxygen atoms in total. The molecule has 0 radical (unpaired) electrons. The van der Waals surface area contributed by atoms with Crippen LogP contribution in [0.3, 0.4) is 0 Å². The van der Waals surface area contributed by atoms with Gasteiger partial charge in [-0.05, 0) is 61.4 Å². The first kappa shape index (κ1) is 21.6. The Balaban J connectivity index is 1.52. The van der Waals surface area contributed by atoms with Gasteiger partial charge in [0.05, 0.1) is 35.5 Å². The van der Waals surface area contributed by atoms with Crippen LogP contribution in [-0.4, -0.2) is 30.7 Å². The Bertz CT molecular complexity index is 1400. The summed E-state index contributed by atoms with van der Waals surface area (Å²) in [5.74, 6) is -0.681. The number of amides is 1. The lowest BCUT2D eigenvalue weighted by molar-refractivity contribution is 0.0764. The van der Waals surface area contributed by atoms with Gasteiger partial charge < -0.3 is 10.0 Å². The van der Waals surface area contributed by atoms with E-state index in [1.165, 1.54) is 11.0 Å². The molecule has 0 aliphatic carbocycles. The maximum atomic E-state index is 15.3. The molecule has 5 rings (SSSR count). The van der Waals surface area contributed by atoms with Crippen molar-refractivity contribution in [3.05, 3.63) is 82.0 Å². The minimum atomic E-state index is -1.13. The number of benzene rings is 2. The Morgan fingerprint density at radius 2 is 1.97 bits per heavy atom. The number of aliphatic hydroxyl groups is 1. The fourth-order valence-corrected chi connectivity index (χ4v) is 4.58. The molecule has 168 valence electrons. The Hall–Kier alpha value is -3.29. The predicted molar refractivity (Wildman–Crippen MR) is 124 cm³/mol. The van der Waals surface area contributed by atoms with Crippen molar-refractivity contribution in [3.63, 3.8) is 0 Å². The number of halogens is 2. The highest BCUT2D eigenvalue weighted by atomic mass is 35.5. The number of carbonyl (C=O) groups is 1. The van der Waals surface area contributed by atoms with Crippen molar-refractivity contribution in [1.29, 1.82) is 0 Å². The first-order chi connectivity index (χ1) is 15.6. The fourth-order valence-electron chi connectivity index (χ4n) is 4.31. The van der Waals surface area contributed by atoms with E-state index in [9.17, 15) is 9.90 Å². The predicted octanol–water partition coefficient (Wildman–Crippen LogP) is 4.81. The normalized spacial score (nSPS) is 13.8. The largest absolute Gasteiger partial charge is 0.386 e. The first-order valence-electron chi connectivity index (χ1n) is 10.5. The summed E-state index contributed by atoms with van der Waals surface area (Å²) in [6.45, 7) is 3.75. The summed E-state index contributed by atoms with van der Waals surface area (Å²) in [6, 6.07) is 10.3. The molecular formula is C25H22ClFN4O2. The van der Waals surface area contributed by atoms with Crippen molar-refractivity contribution in [2.24, 2.45) is 7.05 Å². The minimum absolute atomic E-state index is 0.0523. The minimum Gasteiger partial charge on any atom is -0.386 e. The zero-order chi connectivity index (χ0) is 23.5. The number of hydrogen-bond acceptors (Lipinski definition) is 4. The molecule has 1 N–H and O–H groups in total. The summed E-state index contributed by atoms with van der Waals surface area (Å²) in [4.78, 5) is 18.4. The Morgan fingerprint density at radius 3 is 2.67 bits per heavy atom. The van der Waals surface area contributed by atoms with E-state index in [1.54, 1.807) is 42.9 Å². The van der Waals surface area contributed by atoms with Gasteiger partial charge in [0.1, 0.15) is 5.82 Å². The van der Waals surface area contributed by atoms with Crippen LogP contribution in [0.15, 0.2) is 48.8 Å². The number of hydrogen-bond donors (Lipinski definition) is 1. The summed E-state index contributed by atoms with van der Waals surface area (Å²) in [6.07, 6.45) is 3.49. The number of rotatable bonds is 4. The molecule has 0 atom stereocenters. The van der Waals surface area contributed by atoms with Gasteiger partial charge in [-0.2, -0.15) is 5.10 Å². The maximum absolute atomic E-state index is 15.3. The lowest BCUT2D eigenvalue weighted by Gasteiger charge is -2.20. The molecular weight excluding hydrogens is 443 g/mol. The number of fused-ring (bicyclic) bond motifs is 2. The SMILES string of the molecule is Cn1cc2cc(-c3cc(F)c(CN4Cc5ncccc5C4=O)c(Cl)c3)cc(C(C)(C)O)c2n1. The lowest BCUT2D eigenvalue weighted by atomic mass is 9.91. The van der Waals surface area contributed by atoms with Gasteiger partial charge in [0.25, 0.3) is 5.91 Å². The summed E-state index contributed by atoms with van der Waals surface area (Å²) >= 11 is 6.51. The molecule has 1 aliphatic rings. The van der Waals surface area contributed by atoms with Crippen molar-refractivity contribution < 1.29 is 14.3 Å². The number of carbonyl (C=O) groups excluding carboxylic acids is 1. The maximum Gasteiger partial charge on any atom is 0.256 e. The van der Waals surface area contributed by atoms with Crippen LogP contribution in [0.1, 0.15) is 41.0 Å². The Morgan fingerprint density at radius 1 is 1.21 bits per heavy atom. The Labute approximate surface area is 195 Å². The zero-order valence-corrected chi connectivity index (χ0v) is 19.2. The van der Waals surface area contributed by atoms with Crippen molar-refractivity contribution in [2.75, 3.05) is 0 Å². The number of aryl methyl sites for hydroxylation is 1.